The molecule has 0 aromatic heterocycles. The maximum atomic E-state index is 13.9. The van der Waals surface area contributed by atoms with E-state index in [1.54, 1.807) is 13.0 Å². The molecule has 0 saturated carbocycles. The van der Waals surface area contributed by atoms with Crippen LogP contribution in [0.2, 0.25) is 0 Å². The summed E-state index contributed by atoms with van der Waals surface area (Å²) in [5.41, 5.74) is 0.435. The lowest BCUT2D eigenvalue weighted by Gasteiger charge is -2.32. The molecule has 2 rings (SSSR count). The highest BCUT2D eigenvalue weighted by molar-refractivity contribution is 5.31. The molecule has 1 aromatic carbocycles. The smallest absolute Gasteiger partial charge is 0.200 e. The minimum absolute atomic E-state index is 0.00202. The number of hydrogen-bond acceptors (Lipinski definition) is 3. The Hall–Kier alpha value is -1.20. The summed E-state index contributed by atoms with van der Waals surface area (Å²) in [6, 6.07) is 3.15. The summed E-state index contributed by atoms with van der Waals surface area (Å²) in [7, 11) is 2.12. The Morgan fingerprint density at radius 3 is 2.48 bits per heavy atom. The normalized spacial score (nSPS) is 17.1. The van der Waals surface area contributed by atoms with Gasteiger partial charge in [0.2, 0.25) is 5.82 Å². The highest BCUT2D eigenvalue weighted by Gasteiger charge is 2.16. The largest absolute Gasteiger partial charge is 0.491 e. The van der Waals surface area contributed by atoms with Gasteiger partial charge in [-0.2, -0.15) is 4.39 Å². The van der Waals surface area contributed by atoms with Crippen LogP contribution in [0, 0.1) is 11.6 Å². The highest BCUT2D eigenvalue weighted by Crippen LogP contribution is 2.23. The average molecular weight is 298 g/mol. The molecule has 0 spiro atoms. The lowest BCUT2D eigenvalue weighted by molar-refractivity contribution is 0.153. The molecule has 1 saturated heterocycles. The Bertz CT molecular complexity index is 460. The number of benzene rings is 1. The lowest BCUT2D eigenvalue weighted by Crippen LogP contribution is -2.44. The molecule has 0 radical (unpaired) electrons. The van der Waals surface area contributed by atoms with Gasteiger partial charge in [0.05, 0.1) is 6.61 Å². The van der Waals surface area contributed by atoms with Crippen LogP contribution in [0.3, 0.4) is 0 Å². The molecule has 3 nitrogen and oxygen atoms in total. The third-order valence-electron chi connectivity index (χ3n) is 3.94. The van der Waals surface area contributed by atoms with Crippen molar-refractivity contribution in [3.8, 4) is 5.75 Å². The second-order valence-corrected chi connectivity index (χ2v) is 5.53. The molecule has 1 aliphatic heterocycles. The quantitative estimate of drug-likeness (QED) is 0.803. The van der Waals surface area contributed by atoms with Gasteiger partial charge in [0.1, 0.15) is 0 Å². The van der Waals surface area contributed by atoms with Gasteiger partial charge in [0, 0.05) is 26.2 Å². The zero-order valence-corrected chi connectivity index (χ0v) is 12.9. The van der Waals surface area contributed by atoms with Gasteiger partial charge in [0.25, 0.3) is 0 Å². The van der Waals surface area contributed by atoms with Crippen molar-refractivity contribution in [1.29, 1.82) is 0 Å². The second kappa shape index (κ2) is 7.71. The van der Waals surface area contributed by atoms with Crippen LogP contribution in [0.1, 0.15) is 18.9 Å². The summed E-state index contributed by atoms with van der Waals surface area (Å²) in [6.07, 6.45) is 1.40. The van der Waals surface area contributed by atoms with Crippen LogP contribution in [0.4, 0.5) is 8.78 Å². The van der Waals surface area contributed by atoms with E-state index < -0.39 is 11.6 Å². The molecular weight excluding hydrogens is 274 g/mol. The molecule has 0 N–H and O–H groups in total. The third kappa shape index (κ3) is 4.38. The number of rotatable bonds is 6. The van der Waals surface area contributed by atoms with Crippen molar-refractivity contribution in [3.05, 3.63) is 29.3 Å². The molecule has 0 aliphatic carbocycles. The van der Waals surface area contributed by atoms with E-state index in [-0.39, 0.29) is 5.75 Å². The van der Waals surface area contributed by atoms with E-state index in [1.807, 2.05) is 0 Å². The van der Waals surface area contributed by atoms with Gasteiger partial charge in [-0.1, -0.05) is 6.07 Å². The number of nitrogens with zero attached hydrogens (tertiary/aromatic N) is 2. The van der Waals surface area contributed by atoms with Crippen LogP contribution >= 0.6 is 0 Å². The summed E-state index contributed by atoms with van der Waals surface area (Å²) in [5.74, 6) is -1.63. The molecule has 118 valence electrons. The van der Waals surface area contributed by atoms with Gasteiger partial charge in [0.15, 0.2) is 11.6 Å². The Morgan fingerprint density at radius 2 is 1.81 bits per heavy atom. The summed E-state index contributed by atoms with van der Waals surface area (Å²) < 4.78 is 32.7. The zero-order valence-electron chi connectivity index (χ0n) is 12.9. The minimum Gasteiger partial charge on any atom is -0.491 e. The molecule has 0 unspecified atom stereocenters. The van der Waals surface area contributed by atoms with Crippen LogP contribution < -0.4 is 4.74 Å². The van der Waals surface area contributed by atoms with Crippen LogP contribution in [0.5, 0.6) is 5.75 Å². The van der Waals surface area contributed by atoms with Gasteiger partial charge in [-0.05, 0) is 45.0 Å². The van der Waals surface area contributed by atoms with E-state index in [9.17, 15) is 8.78 Å². The maximum Gasteiger partial charge on any atom is 0.200 e. The maximum absolute atomic E-state index is 13.9. The lowest BCUT2D eigenvalue weighted by atomic mass is 10.1. The highest BCUT2D eigenvalue weighted by atomic mass is 19.2. The van der Waals surface area contributed by atoms with Gasteiger partial charge in [-0.3, -0.25) is 0 Å². The van der Waals surface area contributed by atoms with Crippen molar-refractivity contribution < 1.29 is 13.5 Å². The molecule has 1 aromatic rings. The summed E-state index contributed by atoms with van der Waals surface area (Å²) >= 11 is 0. The topological polar surface area (TPSA) is 15.7 Å². The van der Waals surface area contributed by atoms with E-state index in [4.69, 9.17) is 4.74 Å². The van der Waals surface area contributed by atoms with Gasteiger partial charge >= 0.3 is 0 Å². The van der Waals surface area contributed by atoms with E-state index in [0.717, 1.165) is 39.1 Å². The summed E-state index contributed by atoms with van der Waals surface area (Å²) in [6.45, 7) is 7.27. The fourth-order valence-electron chi connectivity index (χ4n) is 2.60. The van der Waals surface area contributed by atoms with Gasteiger partial charge in [-0.15, -0.1) is 0 Å². The number of ether oxygens (including phenoxy) is 1. The van der Waals surface area contributed by atoms with Crippen molar-refractivity contribution >= 4 is 0 Å². The fraction of sp³-hybridized carbons (Fsp3) is 0.625. The first-order valence-electron chi connectivity index (χ1n) is 7.62. The molecule has 0 atom stereocenters. The molecule has 1 fully saturated rings. The SMILES string of the molecule is CCOc1ccc(CCCN2CCN(C)CC2)c(F)c1F. The van der Waals surface area contributed by atoms with E-state index in [2.05, 4.69) is 16.8 Å². The first-order chi connectivity index (χ1) is 10.1. The number of aryl methyl sites for hydroxylation is 1. The second-order valence-electron chi connectivity index (χ2n) is 5.53. The Morgan fingerprint density at radius 1 is 1.10 bits per heavy atom. The van der Waals surface area contributed by atoms with Crippen molar-refractivity contribution in [3.63, 3.8) is 0 Å². The number of hydrogen-bond donors (Lipinski definition) is 0. The summed E-state index contributed by atoms with van der Waals surface area (Å²) in [5, 5.41) is 0. The molecule has 0 bridgehead atoms. The Kier molecular flexibility index (Phi) is 5.94. The first kappa shape index (κ1) is 16.2. The van der Waals surface area contributed by atoms with E-state index >= 15 is 0 Å². The zero-order chi connectivity index (χ0) is 15.2. The molecule has 21 heavy (non-hydrogen) atoms. The van der Waals surface area contributed by atoms with Crippen LogP contribution in [-0.4, -0.2) is 56.2 Å². The molecule has 0 amide bonds. The fourth-order valence-corrected chi connectivity index (χ4v) is 2.60. The minimum atomic E-state index is -0.867. The van der Waals surface area contributed by atoms with Crippen LogP contribution in [0.25, 0.3) is 0 Å². The predicted molar refractivity (Wildman–Crippen MR) is 79.8 cm³/mol. The molecule has 1 aliphatic rings. The summed E-state index contributed by atoms with van der Waals surface area (Å²) in [4.78, 5) is 4.68. The predicted octanol–water partition coefficient (Wildman–Crippen LogP) is 2.54. The van der Waals surface area contributed by atoms with Crippen molar-refractivity contribution in [2.24, 2.45) is 0 Å². The van der Waals surface area contributed by atoms with Crippen molar-refractivity contribution in [2.75, 3.05) is 46.4 Å². The van der Waals surface area contributed by atoms with Gasteiger partial charge in [-0.25, -0.2) is 4.39 Å². The van der Waals surface area contributed by atoms with Crippen LogP contribution in [-0.2, 0) is 6.42 Å². The number of likely N-dealkylation sites (N-methyl/N-ethyl adjacent to an activating group) is 1. The average Bonchev–Trinajstić information content (AvgIpc) is 2.48. The standard InChI is InChI=1S/C16H24F2N2O/c1-3-21-14-7-6-13(15(17)16(14)18)5-4-8-20-11-9-19(2)10-12-20/h6-7H,3-5,8-12H2,1-2H3. The van der Waals surface area contributed by atoms with Crippen molar-refractivity contribution in [1.82, 2.24) is 9.80 Å². The molecular formula is C16H24F2N2O. The first-order valence-corrected chi connectivity index (χ1v) is 7.62. The third-order valence-corrected chi connectivity index (χ3v) is 3.94. The Labute approximate surface area is 125 Å². The number of halogens is 2. The number of piperazine rings is 1. The van der Waals surface area contributed by atoms with Gasteiger partial charge < -0.3 is 14.5 Å². The Balaban J connectivity index is 1.84. The van der Waals surface area contributed by atoms with Crippen molar-refractivity contribution in [2.45, 2.75) is 19.8 Å². The van der Waals surface area contributed by atoms with E-state index in [0.29, 0.717) is 18.6 Å². The molecule has 5 heteroatoms. The van der Waals surface area contributed by atoms with E-state index in [1.165, 1.54) is 6.07 Å². The monoisotopic (exact) mass is 298 g/mol. The van der Waals surface area contributed by atoms with Crippen LogP contribution in [0.15, 0.2) is 12.1 Å². The molecule has 1 heterocycles.